The minimum Gasteiger partial charge on any atom is -0.681 e. The Morgan fingerprint density at radius 3 is 2.19 bits per heavy atom. The summed E-state index contributed by atoms with van der Waals surface area (Å²) in [5, 5.41) is 0. The van der Waals surface area contributed by atoms with Crippen molar-refractivity contribution in [2.75, 3.05) is 0 Å². The normalized spacial score (nSPS) is 26.1. The van der Waals surface area contributed by atoms with Crippen LogP contribution in [0.3, 0.4) is 0 Å². The highest BCUT2D eigenvalue weighted by Gasteiger charge is 2.50. The van der Waals surface area contributed by atoms with E-state index >= 15 is 0 Å². The molecular formula is C16H17O4P-2. The summed E-state index contributed by atoms with van der Waals surface area (Å²) >= 11 is 0. The molecule has 0 heterocycles. The number of carbonyl (C=O) groups excluding carboxylic acids is 1. The molecule has 2 rings (SSSR count). The molecule has 0 spiro atoms. The topological polar surface area (TPSA) is 86.2 Å². The van der Waals surface area contributed by atoms with Crippen molar-refractivity contribution in [3.63, 3.8) is 0 Å². The van der Waals surface area contributed by atoms with E-state index in [0.29, 0.717) is 11.1 Å². The Bertz CT molecular complexity index is 613. The van der Waals surface area contributed by atoms with Crippen LogP contribution in [-0.4, -0.2) is 5.52 Å². The standard InChI is InChI=1S/C16H19O4P/c1-11-9-12(2)16(13(3)10-11,15(17)21(18,19)20)14-7-5-4-6-8-14/h4-10,12H,1-3H3,(H2,18,19,20)/p-2. The van der Waals surface area contributed by atoms with Crippen LogP contribution in [0.4, 0.5) is 0 Å². The van der Waals surface area contributed by atoms with Crippen LogP contribution in [0.1, 0.15) is 26.3 Å². The van der Waals surface area contributed by atoms with Gasteiger partial charge in [0.2, 0.25) is 0 Å². The molecule has 0 amide bonds. The Balaban J connectivity index is 2.73. The maximum Gasteiger partial charge on any atom is 0.265 e. The molecule has 0 radical (unpaired) electrons. The lowest BCUT2D eigenvalue weighted by Gasteiger charge is -2.49. The molecule has 0 saturated heterocycles. The molecule has 112 valence electrons. The van der Waals surface area contributed by atoms with Crippen LogP contribution in [0.5, 0.6) is 0 Å². The fourth-order valence-corrected chi connectivity index (χ4v) is 4.22. The predicted octanol–water partition coefficient (Wildman–Crippen LogP) is 0.837. The van der Waals surface area contributed by atoms with E-state index in [4.69, 9.17) is 0 Å². The van der Waals surface area contributed by atoms with Gasteiger partial charge in [-0.1, -0.05) is 68.5 Å². The second-order valence-electron chi connectivity index (χ2n) is 5.50. The smallest absolute Gasteiger partial charge is 0.265 e. The van der Waals surface area contributed by atoms with Crippen LogP contribution in [0, 0.1) is 5.92 Å². The van der Waals surface area contributed by atoms with E-state index in [1.54, 1.807) is 50.3 Å². The highest BCUT2D eigenvalue weighted by atomic mass is 31.2. The number of hydrogen-bond acceptors (Lipinski definition) is 4. The van der Waals surface area contributed by atoms with Gasteiger partial charge in [-0.3, -0.25) is 4.79 Å². The first-order valence-corrected chi connectivity index (χ1v) is 8.24. The first-order valence-electron chi connectivity index (χ1n) is 6.70. The summed E-state index contributed by atoms with van der Waals surface area (Å²) in [5.74, 6) is -0.409. The molecule has 4 nitrogen and oxygen atoms in total. The third kappa shape index (κ3) is 2.60. The fourth-order valence-electron chi connectivity index (χ4n) is 3.28. The summed E-state index contributed by atoms with van der Waals surface area (Å²) in [6, 6.07) is 8.63. The van der Waals surface area contributed by atoms with Crippen molar-refractivity contribution in [3.8, 4) is 0 Å². The number of hydrogen-bond donors (Lipinski definition) is 0. The molecule has 0 N–H and O–H groups in total. The number of carbonyl (C=O) groups is 1. The van der Waals surface area contributed by atoms with Crippen molar-refractivity contribution >= 4 is 13.5 Å². The van der Waals surface area contributed by atoms with Crippen LogP contribution in [-0.2, 0) is 10.2 Å². The Labute approximate surface area is 125 Å². The average Bonchev–Trinajstić information content (AvgIpc) is 2.38. The van der Waals surface area contributed by atoms with Crippen molar-refractivity contribution in [2.45, 2.75) is 26.2 Å². The van der Waals surface area contributed by atoms with Crippen molar-refractivity contribution in [1.82, 2.24) is 0 Å². The molecule has 0 aliphatic heterocycles. The van der Waals surface area contributed by atoms with E-state index in [1.807, 2.05) is 13.0 Å². The second-order valence-corrected chi connectivity index (χ2v) is 6.90. The Morgan fingerprint density at radius 2 is 1.71 bits per heavy atom. The van der Waals surface area contributed by atoms with Gasteiger partial charge >= 0.3 is 0 Å². The van der Waals surface area contributed by atoms with Gasteiger partial charge in [-0.2, -0.15) is 0 Å². The van der Waals surface area contributed by atoms with E-state index in [2.05, 4.69) is 0 Å². The van der Waals surface area contributed by atoms with Crippen molar-refractivity contribution in [3.05, 3.63) is 59.2 Å². The van der Waals surface area contributed by atoms with Gasteiger partial charge < -0.3 is 14.7 Å². The summed E-state index contributed by atoms with van der Waals surface area (Å²) in [6.45, 7) is 5.35. The number of allylic oxidation sites excluding steroid dienone is 4. The lowest BCUT2D eigenvalue weighted by atomic mass is 9.64. The molecule has 5 heteroatoms. The summed E-state index contributed by atoms with van der Waals surface area (Å²) in [6.07, 6.45) is 3.59. The van der Waals surface area contributed by atoms with E-state index in [9.17, 15) is 19.5 Å². The highest BCUT2D eigenvalue weighted by Crippen LogP contribution is 2.52. The third-order valence-corrected chi connectivity index (χ3v) is 4.93. The molecule has 0 saturated carbocycles. The highest BCUT2D eigenvalue weighted by molar-refractivity contribution is 7.72. The van der Waals surface area contributed by atoms with Gasteiger partial charge in [0.15, 0.2) is 0 Å². The molecule has 1 aliphatic carbocycles. The van der Waals surface area contributed by atoms with E-state index < -0.39 is 24.8 Å². The third-order valence-electron chi connectivity index (χ3n) is 4.08. The molecule has 2 unspecified atom stereocenters. The maximum absolute atomic E-state index is 12.5. The van der Waals surface area contributed by atoms with Crippen LogP contribution in [0.2, 0.25) is 0 Å². The monoisotopic (exact) mass is 304 g/mol. The van der Waals surface area contributed by atoms with Crippen molar-refractivity contribution < 1.29 is 19.5 Å². The summed E-state index contributed by atoms with van der Waals surface area (Å²) < 4.78 is 0. The van der Waals surface area contributed by atoms with Crippen molar-refractivity contribution in [2.24, 2.45) is 5.92 Å². The quantitative estimate of drug-likeness (QED) is 0.774. The van der Waals surface area contributed by atoms with Gasteiger partial charge in [0.25, 0.3) is 5.52 Å². The van der Waals surface area contributed by atoms with Gasteiger partial charge in [-0.05, 0) is 25.3 Å². The summed E-state index contributed by atoms with van der Waals surface area (Å²) in [7, 11) is -5.36. The number of rotatable bonds is 3. The minimum absolute atomic E-state index is 0.409. The van der Waals surface area contributed by atoms with Gasteiger partial charge in [-0.15, -0.1) is 0 Å². The molecule has 1 aromatic carbocycles. The minimum atomic E-state index is -5.36. The van der Waals surface area contributed by atoms with Gasteiger partial charge in [-0.25, -0.2) is 0 Å². The molecule has 1 aliphatic rings. The molecule has 21 heavy (non-hydrogen) atoms. The molecule has 0 aromatic heterocycles. The first-order chi connectivity index (χ1) is 9.70. The van der Waals surface area contributed by atoms with Crippen LogP contribution in [0.15, 0.2) is 53.6 Å². The zero-order valence-electron chi connectivity index (χ0n) is 12.2. The van der Waals surface area contributed by atoms with Crippen LogP contribution in [0.25, 0.3) is 0 Å². The van der Waals surface area contributed by atoms with Crippen molar-refractivity contribution in [1.29, 1.82) is 0 Å². The Hall–Kier alpha value is -1.32. The average molecular weight is 304 g/mol. The fraction of sp³-hybridized carbons (Fsp3) is 0.312. The van der Waals surface area contributed by atoms with Gasteiger partial charge in [0.1, 0.15) is 5.41 Å². The maximum atomic E-state index is 12.5. The second kappa shape index (κ2) is 5.47. The van der Waals surface area contributed by atoms with Crippen LogP contribution >= 0.6 is 7.94 Å². The van der Waals surface area contributed by atoms with Gasteiger partial charge in [0.05, 0.1) is 0 Å². The Morgan fingerprint density at radius 1 is 1.14 bits per heavy atom. The molecule has 2 atom stereocenters. The molecular weight excluding hydrogens is 287 g/mol. The Kier molecular flexibility index (Phi) is 4.18. The lowest BCUT2D eigenvalue weighted by Crippen LogP contribution is -2.52. The zero-order valence-corrected chi connectivity index (χ0v) is 13.1. The van der Waals surface area contributed by atoms with Crippen LogP contribution < -0.4 is 14.7 Å². The van der Waals surface area contributed by atoms with E-state index in [0.717, 1.165) is 5.57 Å². The first kappa shape index (κ1) is 16.1. The number of benzene rings is 1. The molecule has 0 bridgehead atoms. The van der Waals surface area contributed by atoms with E-state index in [1.165, 1.54) is 0 Å². The lowest BCUT2D eigenvalue weighted by molar-refractivity contribution is -0.422. The largest absolute Gasteiger partial charge is 0.681 e. The van der Waals surface area contributed by atoms with E-state index in [-0.39, 0.29) is 0 Å². The summed E-state index contributed by atoms with van der Waals surface area (Å²) in [5.41, 5.74) is -0.623. The SMILES string of the molecule is CC1=CC(C)C(C(=O)[P+]([O-])([O-])[O-])(c2ccccc2)C(C)=C1. The molecule has 0 fully saturated rings. The predicted molar refractivity (Wildman–Crippen MR) is 76.7 cm³/mol. The summed E-state index contributed by atoms with van der Waals surface area (Å²) in [4.78, 5) is 46.9. The molecule has 1 aromatic rings. The van der Waals surface area contributed by atoms with Gasteiger partial charge in [0, 0.05) is 0 Å². The zero-order chi connectivity index (χ0) is 15.8.